The van der Waals surface area contributed by atoms with Crippen LogP contribution in [0, 0.1) is 12.3 Å². The van der Waals surface area contributed by atoms with Gasteiger partial charge in [-0.1, -0.05) is 5.92 Å². The summed E-state index contributed by atoms with van der Waals surface area (Å²) in [6.45, 7) is 0.470. The monoisotopic (exact) mass is 172 g/mol. The minimum absolute atomic E-state index is 0.470. The molecule has 0 fully saturated rings. The van der Waals surface area contributed by atoms with Gasteiger partial charge in [0.25, 0.3) is 0 Å². The van der Waals surface area contributed by atoms with Crippen LogP contribution in [0.3, 0.4) is 0 Å². The fraction of sp³-hybridized carbons (Fsp3) is 0.111. The average Bonchev–Trinajstić information content (AvgIpc) is 2.62. The zero-order valence-corrected chi connectivity index (χ0v) is 6.94. The molecule has 64 valence electrons. The number of nitrogens with zero attached hydrogens (tertiary/aromatic N) is 3. The second-order valence-electron chi connectivity index (χ2n) is 2.49. The lowest BCUT2D eigenvalue weighted by Gasteiger charge is -2.02. The van der Waals surface area contributed by atoms with E-state index in [0.717, 1.165) is 11.3 Å². The van der Waals surface area contributed by atoms with Crippen LogP contribution in [0.1, 0.15) is 0 Å². The molecule has 0 amide bonds. The number of fused-ring (bicyclic) bond motifs is 1. The van der Waals surface area contributed by atoms with Crippen molar-refractivity contribution in [2.24, 2.45) is 0 Å². The fourth-order valence-electron chi connectivity index (χ4n) is 1.13. The number of aromatic nitrogens is 3. The van der Waals surface area contributed by atoms with Gasteiger partial charge in [-0.05, 0) is 6.07 Å². The standard InChI is InChI=1S/C9H8N4/c1-2-4-10-9-8-3-5-12-13(8)7-6-11-9/h1,3,5-7H,4H2,(H,10,11). The summed E-state index contributed by atoms with van der Waals surface area (Å²) in [5, 5.41) is 7.09. The molecule has 0 radical (unpaired) electrons. The van der Waals surface area contributed by atoms with E-state index < -0.39 is 0 Å². The summed E-state index contributed by atoms with van der Waals surface area (Å²) in [6.07, 6.45) is 10.3. The van der Waals surface area contributed by atoms with Gasteiger partial charge in [-0.25, -0.2) is 9.50 Å². The molecular formula is C9H8N4. The summed E-state index contributed by atoms with van der Waals surface area (Å²) >= 11 is 0. The molecule has 1 N–H and O–H groups in total. The first-order chi connectivity index (χ1) is 6.42. The molecule has 4 heteroatoms. The van der Waals surface area contributed by atoms with Gasteiger partial charge in [0, 0.05) is 12.4 Å². The molecule has 2 aromatic rings. The molecule has 13 heavy (non-hydrogen) atoms. The second kappa shape index (κ2) is 3.15. The van der Waals surface area contributed by atoms with Gasteiger partial charge < -0.3 is 5.32 Å². The number of anilines is 1. The molecule has 0 saturated heterocycles. The van der Waals surface area contributed by atoms with Crippen molar-refractivity contribution in [3.8, 4) is 12.3 Å². The maximum atomic E-state index is 5.13. The minimum Gasteiger partial charge on any atom is -0.357 e. The molecule has 2 heterocycles. The molecule has 0 aromatic carbocycles. The lowest BCUT2D eigenvalue weighted by Crippen LogP contribution is -2.02. The van der Waals surface area contributed by atoms with E-state index in [1.54, 1.807) is 23.1 Å². The third-order valence-electron chi connectivity index (χ3n) is 1.68. The van der Waals surface area contributed by atoms with Gasteiger partial charge in [-0.3, -0.25) is 0 Å². The van der Waals surface area contributed by atoms with Crippen molar-refractivity contribution in [3.63, 3.8) is 0 Å². The van der Waals surface area contributed by atoms with Crippen LogP contribution in [0.5, 0.6) is 0 Å². The van der Waals surface area contributed by atoms with Gasteiger partial charge in [0.05, 0.1) is 12.7 Å². The number of hydrogen-bond acceptors (Lipinski definition) is 3. The number of nitrogens with one attached hydrogen (secondary N) is 1. The van der Waals surface area contributed by atoms with Gasteiger partial charge in [0.15, 0.2) is 5.82 Å². The van der Waals surface area contributed by atoms with E-state index in [0.29, 0.717) is 6.54 Å². The Morgan fingerprint density at radius 1 is 1.54 bits per heavy atom. The number of hydrogen-bond donors (Lipinski definition) is 1. The van der Waals surface area contributed by atoms with E-state index >= 15 is 0 Å². The predicted octanol–water partition coefficient (Wildman–Crippen LogP) is 0.774. The van der Waals surface area contributed by atoms with E-state index in [2.05, 4.69) is 21.3 Å². The first kappa shape index (κ1) is 7.62. The van der Waals surface area contributed by atoms with Crippen molar-refractivity contribution < 1.29 is 0 Å². The van der Waals surface area contributed by atoms with Crippen molar-refractivity contribution in [1.29, 1.82) is 0 Å². The van der Waals surface area contributed by atoms with E-state index in [9.17, 15) is 0 Å². The van der Waals surface area contributed by atoms with Crippen molar-refractivity contribution in [3.05, 3.63) is 24.7 Å². The molecule has 0 saturated carbocycles. The average molecular weight is 172 g/mol. The van der Waals surface area contributed by atoms with Crippen LogP contribution in [-0.2, 0) is 0 Å². The highest BCUT2D eigenvalue weighted by Gasteiger charge is 1.99. The SMILES string of the molecule is C#CCNc1nccn2nccc12. The molecule has 0 aliphatic rings. The van der Waals surface area contributed by atoms with Gasteiger partial charge in [-0.15, -0.1) is 6.42 Å². The topological polar surface area (TPSA) is 42.2 Å². The molecule has 0 aliphatic carbocycles. The second-order valence-corrected chi connectivity index (χ2v) is 2.49. The summed E-state index contributed by atoms with van der Waals surface area (Å²) in [6, 6.07) is 1.88. The molecule has 0 unspecified atom stereocenters. The molecular weight excluding hydrogens is 164 g/mol. The fourth-order valence-corrected chi connectivity index (χ4v) is 1.13. The zero-order valence-electron chi connectivity index (χ0n) is 6.94. The van der Waals surface area contributed by atoms with Gasteiger partial charge in [0.2, 0.25) is 0 Å². The number of rotatable bonds is 2. The van der Waals surface area contributed by atoms with Crippen LogP contribution in [0.4, 0.5) is 5.82 Å². The smallest absolute Gasteiger partial charge is 0.152 e. The van der Waals surface area contributed by atoms with Gasteiger partial charge in [-0.2, -0.15) is 5.10 Å². The molecule has 0 spiro atoms. The Labute approximate surface area is 75.6 Å². The van der Waals surface area contributed by atoms with Crippen LogP contribution in [0.25, 0.3) is 5.52 Å². The van der Waals surface area contributed by atoms with E-state index in [1.807, 2.05) is 6.07 Å². The van der Waals surface area contributed by atoms with Crippen molar-refractivity contribution in [2.45, 2.75) is 0 Å². The molecule has 2 rings (SSSR count). The van der Waals surface area contributed by atoms with Crippen LogP contribution >= 0.6 is 0 Å². The zero-order chi connectivity index (χ0) is 9.10. The van der Waals surface area contributed by atoms with Crippen molar-refractivity contribution in [2.75, 3.05) is 11.9 Å². The van der Waals surface area contributed by atoms with Crippen LogP contribution in [0.2, 0.25) is 0 Å². The maximum Gasteiger partial charge on any atom is 0.152 e. The van der Waals surface area contributed by atoms with Crippen LogP contribution in [-0.4, -0.2) is 21.1 Å². The summed E-state index contributed by atoms with van der Waals surface area (Å²) in [7, 11) is 0. The summed E-state index contributed by atoms with van der Waals surface area (Å²) in [5.41, 5.74) is 0.928. The summed E-state index contributed by atoms with van der Waals surface area (Å²) in [5.74, 6) is 3.25. The predicted molar refractivity (Wildman–Crippen MR) is 50.3 cm³/mol. The third-order valence-corrected chi connectivity index (χ3v) is 1.68. The van der Waals surface area contributed by atoms with E-state index in [4.69, 9.17) is 6.42 Å². The van der Waals surface area contributed by atoms with Gasteiger partial charge in [0.1, 0.15) is 5.52 Å². The number of terminal acetylenes is 1. The molecule has 2 aromatic heterocycles. The highest BCUT2D eigenvalue weighted by molar-refractivity contribution is 5.66. The molecule has 0 aliphatic heterocycles. The minimum atomic E-state index is 0.470. The normalized spacial score (nSPS) is 9.77. The molecule has 4 nitrogen and oxygen atoms in total. The Morgan fingerprint density at radius 3 is 3.31 bits per heavy atom. The summed E-state index contributed by atoms with van der Waals surface area (Å²) in [4.78, 5) is 4.15. The quantitative estimate of drug-likeness (QED) is 0.680. The van der Waals surface area contributed by atoms with E-state index in [-0.39, 0.29) is 0 Å². The molecule has 0 bridgehead atoms. The molecule has 0 atom stereocenters. The van der Waals surface area contributed by atoms with E-state index in [1.165, 1.54) is 0 Å². The van der Waals surface area contributed by atoms with Crippen LogP contribution in [0.15, 0.2) is 24.7 Å². The van der Waals surface area contributed by atoms with Crippen molar-refractivity contribution >= 4 is 11.3 Å². The van der Waals surface area contributed by atoms with Crippen LogP contribution < -0.4 is 5.32 Å². The Kier molecular flexibility index (Phi) is 1.85. The lowest BCUT2D eigenvalue weighted by molar-refractivity contribution is 0.946. The Balaban J connectivity index is 2.44. The first-order valence-electron chi connectivity index (χ1n) is 3.87. The Bertz CT molecular complexity index is 452. The Hall–Kier alpha value is -2.02. The lowest BCUT2D eigenvalue weighted by atomic mass is 10.4. The largest absolute Gasteiger partial charge is 0.357 e. The highest BCUT2D eigenvalue weighted by Crippen LogP contribution is 2.11. The first-order valence-corrected chi connectivity index (χ1v) is 3.87. The maximum absolute atomic E-state index is 5.13. The highest BCUT2D eigenvalue weighted by atomic mass is 15.2. The van der Waals surface area contributed by atoms with Crippen molar-refractivity contribution in [1.82, 2.24) is 14.6 Å². The summed E-state index contributed by atoms with van der Waals surface area (Å²) < 4.78 is 1.74. The third kappa shape index (κ3) is 1.32. The Morgan fingerprint density at radius 2 is 2.46 bits per heavy atom. The van der Waals surface area contributed by atoms with Gasteiger partial charge >= 0.3 is 0 Å².